The van der Waals surface area contributed by atoms with E-state index in [1.807, 2.05) is 0 Å². The number of nitrogens with one attached hydrogen (secondary N) is 1. The van der Waals surface area contributed by atoms with Gasteiger partial charge in [0.25, 0.3) is 5.91 Å². The van der Waals surface area contributed by atoms with E-state index < -0.39 is 5.97 Å². The zero-order valence-electron chi connectivity index (χ0n) is 10.3. The van der Waals surface area contributed by atoms with Crippen molar-refractivity contribution in [3.8, 4) is 11.3 Å². The van der Waals surface area contributed by atoms with Crippen LogP contribution in [0.5, 0.6) is 0 Å². The monoisotopic (exact) mass is 263 g/mol. The molecule has 0 radical (unpaired) electrons. The van der Waals surface area contributed by atoms with Gasteiger partial charge in [-0.3, -0.25) is 9.59 Å². The maximum atomic E-state index is 11.3. The summed E-state index contributed by atoms with van der Waals surface area (Å²) < 4.78 is 15.0. The van der Waals surface area contributed by atoms with E-state index in [1.54, 1.807) is 30.7 Å². The van der Waals surface area contributed by atoms with Gasteiger partial charge in [-0.2, -0.15) is 0 Å². The van der Waals surface area contributed by atoms with Gasteiger partial charge in [0, 0.05) is 6.92 Å². The largest absolute Gasteiger partial charge is 0.472 e. The Morgan fingerprint density at radius 1 is 1.32 bits per heavy atom. The fourth-order valence-electron chi connectivity index (χ4n) is 1.44. The fraction of sp³-hybridized carbons (Fsp3) is 0.231. The third-order valence-electron chi connectivity index (χ3n) is 2.33. The molecular weight excluding hydrogens is 250 g/mol. The molecule has 2 aromatic rings. The Balaban J connectivity index is 1.84. The van der Waals surface area contributed by atoms with Crippen molar-refractivity contribution in [2.45, 2.75) is 13.5 Å². The van der Waals surface area contributed by atoms with Crippen molar-refractivity contribution < 1.29 is 23.2 Å². The number of hydrogen-bond donors (Lipinski definition) is 1. The van der Waals surface area contributed by atoms with E-state index >= 15 is 0 Å². The second kappa shape index (κ2) is 5.90. The molecule has 0 aliphatic carbocycles. The van der Waals surface area contributed by atoms with E-state index in [9.17, 15) is 9.59 Å². The van der Waals surface area contributed by atoms with Crippen molar-refractivity contribution in [1.29, 1.82) is 0 Å². The average Bonchev–Trinajstić information content (AvgIpc) is 3.03. The maximum Gasteiger partial charge on any atom is 0.303 e. The minimum atomic E-state index is -0.490. The van der Waals surface area contributed by atoms with Gasteiger partial charge in [-0.05, 0) is 18.2 Å². The van der Waals surface area contributed by atoms with Gasteiger partial charge in [-0.15, -0.1) is 0 Å². The molecule has 6 nitrogen and oxygen atoms in total. The van der Waals surface area contributed by atoms with Crippen LogP contribution in [-0.2, 0) is 20.9 Å². The van der Waals surface area contributed by atoms with Crippen LogP contribution in [0.2, 0.25) is 0 Å². The minimum Gasteiger partial charge on any atom is -0.472 e. The van der Waals surface area contributed by atoms with Crippen LogP contribution in [0, 0.1) is 0 Å². The summed E-state index contributed by atoms with van der Waals surface area (Å²) in [5.74, 6) is 0.400. The number of hydrogen-bond acceptors (Lipinski definition) is 5. The molecular formula is C13H13NO5. The van der Waals surface area contributed by atoms with Crippen molar-refractivity contribution in [3.05, 3.63) is 36.5 Å². The van der Waals surface area contributed by atoms with Crippen LogP contribution in [0.15, 0.2) is 39.6 Å². The first-order valence-corrected chi connectivity index (χ1v) is 5.66. The third kappa shape index (κ3) is 3.74. The number of carbonyl (C=O) groups excluding carboxylic acids is 2. The number of carbonyl (C=O) groups is 2. The number of ether oxygens (including phenoxy) is 1. The van der Waals surface area contributed by atoms with E-state index in [0.29, 0.717) is 11.5 Å². The van der Waals surface area contributed by atoms with Gasteiger partial charge in [-0.25, -0.2) is 0 Å². The van der Waals surface area contributed by atoms with Crippen LogP contribution in [0.1, 0.15) is 12.7 Å². The van der Waals surface area contributed by atoms with Crippen LogP contribution >= 0.6 is 0 Å². The molecule has 1 N–H and O–H groups in total. The number of amides is 1. The Bertz CT molecular complexity index is 555. The summed E-state index contributed by atoms with van der Waals surface area (Å²) in [6.07, 6.45) is 3.13. The molecule has 0 spiro atoms. The summed E-state index contributed by atoms with van der Waals surface area (Å²) in [6, 6.07) is 5.33. The number of furan rings is 2. The van der Waals surface area contributed by atoms with E-state index in [1.165, 1.54) is 6.92 Å². The van der Waals surface area contributed by atoms with Crippen LogP contribution in [0.3, 0.4) is 0 Å². The highest BCUT2D eigenvalue weighted by molar-refractivity contribution is 5.79. The highest BCUT2D eigenvalue weighted by Gasteiger charge is 2.08. The highest BCUT2D eigenvalue weighted by Crippen LogP contribution is 2.22. The van der Waals surface area contributed by atoms with Crippen molar-refractivity contribution in [1.82, 2.24) is 5.32 Å². The summed E-state index contributed by atoms with van der Waals surface area (Å²) in [5, 5.41) is 2.58. The van der Waals surface area contributed by atoms with Gasteiger partial charge < -0.3 is 18.9 Å². The Hall–Kier alpha value is -2.50. The van der Waals surface area contributed by atoms with E-state index in [0.717, 1.165) is 5.56 Å². The molecule has 2 rings (SSSR count). The molecule has 0 aliphatic rings. The Morgan fingerprint density at radius 3 is 2.84 bits per heavy atom. The first kappa shape index (κ1) is 12.9. The lowest BCUT2D eigenvalue weighted by atomic mass is 10.3. The molecule has 2 heterocycles. The predicted octanol–water partition coefficient (Wildman–Crippen LogP) is 1.72. The van der Waals surface area contributed by atoms with E-state index in [4.69, 9.17) is 8.83 Å². The highest BCUT2D eigenvalue weighted by atomic mass is 16.5. The zero-order valence-corrected chi connectivity index (χ0v) is 10.3. The molecule has 0 unspecified atom stereocenters. The minimum absolute atomic E-state index is 0.234. The zero-order chi connectivity index (χ0) is 13.7. The summed E-state index contributed by atoms with van der Waals surface area (Å²) in [6.45, 7) is 1.19. The molecule has 0 saturated heterocycles. The van der Waals surface area contributed by atoms with Crippen molar-refractivity contribution in [3.63, 3.8) is 0 Å². The Morgan fingerprint density at radius 2 is 2.16 bits per heavy atom. The normalized spacial score (nSPS) is 10.2. The van der Waals surface area contributed by atoms with Crippen molar-refractivity contribution in [2.24, 2.45) is 0 Å². The van der Waals surface area contributed by atoms with Gasteiger partial charge in [-0.1, -0.05) is 0 Å². The summed E-state index contributed by atoms with van der Waals surface area (Å²) in [4.78, 5) is 21.8. The molecule has 0 atom stereocenters. The van der Waals surface area contributed by atoms with Gasteiger partial charge in [0.05, 0.1) is 18.4 Å². The first-order valence-electron chi connectivity index (χ1n) is 5.66. The smallest absolute Gasteiger partial charge is 0.303 e. The Kier molecular flexibility index (Phi) is 4.02. The van der Waals surface area contributed by atoms with E-state index in [-0.39, 0.29) is 19.1 Å². The van der Waals surface area contributed by atoms with Gasteiger partial charge in [0.1, 0.15) is 17.8 Å². The second-order valence-corrected chi connectivity index (χ2v) is 3.83. The first-order chi connectivity index (χ1) is 9.15. The standard InChI is InChI=1S/C13H13NO5/c1-9(15)18-8-13(16)14-6-11-2-3-12(19-11)10-4-5-17-7-10/h2-5,7H,6,8H2,1H3,(H,14,16). The molecule has 19 heavy (non-hydrogen) atoms. The second-order valence-electron chi connectivity index (χ2n) is 3.83. The molecule has 0 aromatic carbocycles. The number of esters is 1. The van der Waals surface area contributed by atoms with Gasteiger partial charge >= 0.3 is 5.97 Å². The average molecular weight is 263 g/mol. The summed E-state index contributed by atoms with van der Waals surface area (Å²) in [5.41, 5.74) is 0.831. The molecule has 0 fully saturated rings. The topological polar surface area (TPSA) is 81.7 Å². The van der Waals surface area contributed by atoms with E-state index in [2.05, 4.69) is 10.1 Å². The molecule has 1 amide bonds. The third-order valence-corrected chi connectivity index (χ3v) is 2.33. The Labute approximate surface area is 109 Å². The summed E-state index contributed by atoms with van der Waals surface area (Å²) in [7, 11) is 0. The van der Waals surface area contributed by atoms with Crippen LogP contribution in [0.4, 0.5) is 0 Å². The molecule has 0 saturated carbocycles. The molecule has 0 bridgehead atoms. The SMILES string of the molecule is CC(=O)OCC(=O)NCc1ccc(-c2ccoc2)o1. The number of rotatable bonds is 5. The van der Waals surface area contributed by atoms with Crippen LogP contribution in [-0.4, -0.2) is 18.5 Å². The lowest BCUT2D eigenvalue weighted by molar-refractivity contribution is -0.146. The quantitative estimate of drug-likeness (QED) is 0.830. The van der Waals surface area contributed by atoms with Crippen molar-refractivity contribution in [2.75, 3.05) is 6.61 Å². The molecule has 6 heteroatoms. The van der Waals surface area contributed by atoms with Crippen molar-refractivity contribution >= 4 is 11.9 Å². The lowest BCUT2D eigenvalue weighted by Crippen LogP contribution is -2.27. The van der Waals surface area contributed by atoms with Crippen LogP contribution in [0.25, 0.3) is 11.3 Å². The summed E-state index contributed by atoms with van der Waals surface area (Å²) >= 11 is 0. The molecule has 2 aromatic heterocycles. The van der Waals surface area contributed by atoms with Crippen LogP contribution < -0.4 is 5.32 Å². The predicted molar refractivity (Wildman–Crippen MR) is 64.9 cm³/mol. The van der Waals surface area contributed by atoms with Gasteiger partial charge in [0.15, 0.2) is 6.61 Å². The maximum absolute atomic E-state index is 11.3. The molecule has 100 valence electrons. The van der Waals surface area contributed by atoms with Gasteiger partial charge in [0.2, 0.25) is 0 Å². The fourth-order valence-corrected chi connectivity index (χ4v) is 1.44. The lowest BCUT2D eigenvalue weighted by Gasteiger charge is -2.03. The molecule has 0 aliphatic heterocycles.